The van der Waals surface area contributed by atoms with Crippen LogP contribution in [0.3, 0.4) is 0 Å². The molecule has 0 bridgehead atoms. The Morgan fingerprint density at radius 3 is 1.81 bits per heavy atom. The Balaban J connectivity index is 1.20. The van der Waals surface area contributed by atoms with E-state index in [0.717, 1.165) is 60.9 Å². The van der Waals surface area contributed by atoms with Gasteiger partial charge >= 0.3 is 0 Å². The van der Waals surface area contributed by atoms with Gasteiger partial charge in [-0.1, -0.05) is 140 Å². The first-order valence-corrected chi connectivity index (χ1v) is 17.8. The summed E-state index contributed by atoms with van der Waals surface area (Å²) in [5.41, 5.74) is 13.5. The fraction of sp³-hybridized carbons (Fsp3) is 0.0204. The lowest BCUT2D eigenvalue weighted by atomic mass is 9.67. The summed E-state index contributed by atoms with van der Waals surface area (Å²) in [4.78, 5) is 2.35. The quantitative estimate of drug-likeness (QED) is 0.183. The molecule has 2 aromatic heterocycles. The number of furan rings is 2. The maximum Gasteiger partial charge on any atom is 0.159 e. The van der Waals surface area contributed by atoms with Gasteiger partial charge in [-0.3, -0.25) is 0 Å². The minimum atomic E-state index is -0.508. The zero-order valence-corrected chi connectivity index (χ0v) is 28.2. The predicted molar refractivity (Wildman–Crippen MR) is 213 cm³/mol. The first-order valence-electron chi connectivity index (χ1n) is 17.8. The standard InChI is InChI=1S/C49H31NO2/c1-4-15-32(16-5-1)49(33-17-6-2-7-18-33)41-24-12-10-21-36(41)37-28-27-35(31-42(37)49)50(34-19-8-3-9-20-34)43-25-14-23-38-39-29-30-45-46(48(39)52-47(38)43)40-22-11-13-26-44(40)51-45/h1-31H. The molecule has 0 fully saturated rings. The molecule has 0 unspecified atom stereocenters. The van der Waals surface area contributed by atoms with E-state index in [9.17, 15) is 0 Å². The van der Waals surface area contributed by atoms with Crippen molar-refractivity contribution in [1.82, 2.24) is 0 Å². The normalized spacial score (nSPS) is 13.2. The first kappa shape index (κ1) is 28.9. The molecular weight excluding hydrogens is 635 g/mol. The Labute approximate surface area is 300 Å². The van der Waals surface area contributed by atoms with Gasteiger partial charge in [0, 0.05) is 27.5 Å². The second-order valence-electron chi connectivity index (χ2n) is 13.6. The van der Waals surface area contributed by atoms with Crippen molar-refractivity contribution in [2.75, 3.05) is 4.90 Å². The molecule has 0 N–H and O–H groups in total. The molecular formula is C49H31NO2. The minimum absolute atomic E-state index is 0.508. The highest BCUT2D eigenvalue weighted by Crippen LogP contribution is 2.57. The van der Waals surface area contributed by atoms with Gasteiger partial charge in [0.2, 0.25) is 0 Å². The number of para-hydroxylation sites is 3. The molecule has 3 heteroatoms. The predicted octanol–water partition coefficient (Wildman–Crippen LogP) is 13.3. The molecule has 0 amide bonds. The molecule has 10 aromatic rings. The molecule has 0 saturated heterocycles. The number of fused-ring (bicyclic) bond motifs is 10. The molecule has 244 valence electrons. The Hall–Kier alpha value is -6.84. The van der Waals surface area contributed by atoms with Crippen molar-refractivity contribution in [2.45, 2.75) is 5.41 Å². The zero-order valence-electron chi connectivity index (χ0n) is 28.2. The summed E-state index contributed by atoms with van der Waals surface area (Å²) in [5, 5.41) is 4.20. The summed E-state index contributed by atoms with van der Waals surface area (Å²) in [5.74, 6) is 0. The lowest BCUT2D eigenvalue weighted by Gasteiger charge is -2.34. The highest BCUT2D eigenvalue weighted by Gasteiger charge is 2.46. The van der Waals surface area contributed by atoms with Crippen LogP contribution in [0.2, 0.25) is 0 Å². The van der Waals surface area contributed by atoms with Gasteiger partial charge < -0.3 is 13.7 Å². The van der Waals surface area contributed by atoms with E-state index < -0.39 is 5.41 Å². The lowest BCUT2D eigenvalue weighted by molar-refractivity contribution is 0.663. The zero-order chi connectivity index (χ0) is 34.2. The van der Waals surface area contributed by atoms with E-state index in [-0.39, 0.29) is 0 Å². The van der Waals surface area contributed by atoms with Crippen LogP contribution in [0.25, 0.3) is 55.0 Å². The third kappa shape index (κ3) is 3.96. The Bertz CT molecular complexity index is 2920. The van der Waals surface area contributed by atoms with Gasteiger partial charge in [0.1, 0.15) is 16.7 Å². The van der Waals surface area contributed by atoms with Crippen molar-refractivity contribution in [3.05, 3.63) is 210 Å². The summed E-state index contributed by atoms with van der Waals surface area (Å²) in [6.45, 7) is 0. The van der Waals surface area contributed by atoms with Gasteiger partial charge in [-0.05, 0) is 81.9 Å². The molecule has 0 radical (unpaired) electrons. The summed E-state index contributed by atoms with van der Waals surface area (Å²) in [6, 6.07) is 67.3. The van der Waals surface area contributed by atoms with Crippen LogP contribution in [0, 0.1) is 0 Å². The van der Waals surface area contributed by atoms with E-state index in [2.05, 4.69) is 181 Å². The van der Waals surface area contributed by atoms with Crippen LogP contribution in [0.4, 0.5) is 17.1 Å². The van der Waals surface area contributed by atoms with Crippen LogP contribution < -0.4 is 4.90 Å². The SMILES string of the molecule is c1ccc(N(c2ccc3c(c2)C(c2ccccc2)(c2ccccc2)c2ccccc2-3)c2cccc3c2oc2c3ccc3oc4ccccc4c32)cc1. The third-order valence-electron chi connectivity index (χ3n) is 10.9. The van der Waals surface area contributed by atoms with Crippen LogP contribution in [0.1, 0.15) is 22.3 Å². The fourth-order valence-corrected chi connectivity index (χ4v) is 8.80. The highest BCUT2D eigenvalue weighted by molar-refractivity contribution is 6.23. The molecule has 1 aliphatic rings. The molecule has 3 nitrogen and oxygen atoms in total. The molecule has 8 aromatic carbocycles. The summed E-state index contributed by atoms with van der Waals surface area (Å²) >= 11 is 0. The third-order valence-corrected chi connectivity index (χ3v) is 10.9. The Morgan fingerprint density at radius 2 is 1.02 bits per heavy atom. The van der Waals surface area contributed by atoms with Crippen molar-refractivity contribution in [3.8, 4) is 11.1 Å². The monoisotopic (exact) mass is 665 g/mol. The van der Waals surface area contributed by atoms with Gasteiger partial charge in [0.15, 0.2) is 5.58 Å². The molecule has 52 heavy (non-hydrogen) atoms. The van der Waals surface area contributed by atoms with E-state index in [1.54, 1.807) is 0 Å². The van der Waals surface area contributed by atoms with Gasteiger partial charge in [-0.2, -0.15) is 0 Å². The van der Waals surface area contributed by atoms with E-state index in [4.69, 9.17) is 8.83 Å². The van der Waals surface area contributed by atoms with Gasteiger partial charge in [0.25, 0.3) is 0 Å². The number of hydrogen-bond donors (Lipinski definition) is 0. The topological polar surface area (TPSA) is 29.5 Å². The van der Waals surface area contributed by atoms with Crippen molar-refractivity contribution in [1.29, 1.82) is 0 Å². The van der Waals surface area contributed by atoms with Crippen LogP contribution >= 0.6 is 0 Å². The van der Waals surface area contributed by atoms with Crippen LogP contribution in [-0.4, -0.2) is 0 Å². The molecule has 0 atom stereocenters. The number of hydrogen-bond acceptors (Lipinski definition) is 3. The molecule has 2 heterocycles. The van der Waals surface area contributed by atoms with Crippen molar-refractivity contribution < 1.29 is 8.83 Å². The van der Waals surface area contributed by atoms with E-state index >= 15 is 0 Å². The number of anilines is 3. The van der Waals surface area contributed by atoms with Crippen molar-refractivity contribution in [2.24, 2.45) is 0 Å². The largest absolute Gasteiger partial charge is 0.456 e. The van der Waals surface area contributed by atoms with Crippen LogP contribution in [-0.2, 0) is 5.41 Å². The van der Waals surface area contributed by atoms with Crippen LogP contribution in [0.5, 0.6) is 0 Å². The number of benzene rings is 8. The maximum absolute atomic E-state index is 7.01. The average molecular weight is 666 g/mol. The van der Waals surface area contributed by atoms with Gasteiger partial charge in [-0.15, -0.1) is 0 Å². The lowest BCUT2D eigenvalue weighted by Crippen LogP contribution is -2.28. The van der Waals surface area contributed by atoms with E-state index in [1.807, 2.05) is 12.1 Å². The number of nitrogens with zero attached hydrogens (tertiary/aromatic N) is 1. The fourth-order valence-electron chi connectivity index (χ4n) is 8.80. The van der Waals surface area contributed by atoms with Gasteiger partial charge in [0.05, 0.1) is 16.5 Å². The van der Waals surface area contributed by atoms with Gasteiger partial charge in [-0.25, -0.2) is 0 Å². The average Bonchev–Trinajstić information content (AvgIpc) is 3.88. The highest BCUT2D eigenvalue weighted by atomic mass is 16.3. The van der Waals surface area contributed by atoms with E-state index in [0.29, 0.717) is 0 Å². The van der Waals surface area contributed by atoms with Crippen molar-refractivity contribution >= 4 is 60.9 Å². The second kappa shape index (κ2) is 11.1. The smallest absolute Gasteiger partial charge is 0.159 e. The first-order chi connectivity index (χ1) is 25.8. The Kier molecular flexibility index (Phi) is 6.17. The molecule has 1 aliphatic carbocycles. The molecule has 0 saturated carbocycles. The van der Waals surface area contributed by atoms with Crippen molar-refractivity contribution in [3.63, 3.8) is 0 Å². The second-order valence-corrected chi connectivity index (χ2v) is 13.6. The maximum atomic E-state index is 7.01. The minimum Gasteiger partial charge on any atom is -0.456 e. The van der Waals surface area contributed by atoms with E-state index in [1.165, 1.54) is 33.4 Å². The van der Waals surface area contributed by atoms with Crippen LogP contribution in [0.15, 0.2) is 197 Å². The number of rotatable bonds is 5. The molecule has 11 rings (SSSR count). The summed E-state index contributed by atoms with van der Waals surface area (Å²) in [6.07, 6.45) is 0. The Morgan fingerprint density at radius 1 is 0.385 bits per heavy atom. The summed E-state index contributed by atoms with van der Waals surface area (Å²) < 4.78 is 13.3. The molecule has 0 aliphatic heterocycles. The molecule has 0 spiro atoms. The summed E-state index contributed by atoms with van der Waals surface area (Å²) in [7, 11) is 0.